The largest absolute Gasteiger partial charge is 0.494 e. The Labute approximate surface area is 178 Å². The van der Waals surface area contributed by atoms with Gasteiger partial charge in [0, 0.05) is 43.0 Å². The maximum Gasteiger partial charge on any atom is 0.153 e. The molecule has 0 amide bonds. The Morgan fingerprint density at radius 1 is 0.968 bits per heavy atom. The van der Waals surface area contributed by atoms with E-state index in [1.807, 2.05) is 63.0 Å². The average molecular weight is 409 g/mol. The summed E-state index contributed by atoms with van der Waals surface area (Å²) in [6.07, 6.45) is 11.1. The lowest BCUT2D eigenvalue weighted by Crippen LogP contribution is -1.96. The summed E-state index contributed by atoms with van der Waals surface area (Å²) in [5, 5.41) is 13.2. The summed E-state index contributed by atoms with van der Waals surface area (Å²) in [4.78, 5) is 4.33. The van der Waals surface area contributed by atoms with Gasteiger partial charge >= 0.3 is 0 Å². The van der Waals surface area contributed by atoms with E-state index in [4.69, 9.17) is 4.74 Å². The zero-order valence-corrected chi connectivity index (χ0v) is 17.3. The van der Waals surface area contributed by atoms with Crippen molar-refractivity contribution in [1.82, 2.24) is 34.2 Å². The van der Waals surface area contributed by atoms with Crippen molar-refractivity contribution >= 4 is 5.52 Å². The Balaban J connectivity index is 1.54. The second-order valence-corrected chi connectivity index (χ2v) is 7.06. The molecule has 8 nitrogen and oxygen atoms in total. The minimum Gasteiger partial charge on any atom is -0.494 e. The maximum absolute atomic E-state index is 5.65. The smallest absolute Gasteiger partial charge is 0.153 e. The van der Waals surface area contributed by atoms with Gasteiger partial charge in [-0.3, -0.25) is 4.68 Å². The highest BCUT2D eigenvalue weighted by Crippen LogP contribution is 2.29. The molecule has 0 spiro atoms. The van der Waals surface area contributed by atoms with Gasteiger partial charge in [-0.15, -0.1) is 0 Å². The SMILES string of the molecule is COc1cc(-c2cnn(C)c2)cn2ncc(C#Cc3cn(-c4ccccn4)nc3C)c12. The Bertz CT molecular complexity index is 1450. The molecule has 0 saturated heterocycles. The fourth-order valence-electron chi connectivity index (χ4n) is 3.38. The Morgan fingerprint density at radius 2 is 1.84 bits per heavy atom. The zero-order chi connectivity index (χ0) is 21.4. The van der Waals surface area contributed by atoms with Crippen molar-refractivity contribution in [2.75, 3.05) is 7.11 Å². The van der Waals surface area contributed by atoms with E-state index in [0.717, 1.165) is 39.3 Å². The van der Waals surface area contributed by atoms with Crippen molar-refractivity contribution in [1.29, 1.82) is 0 Å². The lowest BCUT2D eigenvalue weighted by molar-refractivity contribution is 0.417. The third-order valence-electron chi connectivity index (χ3n) is 4.95. The molecule has 0 aliphatic rings. The second-order valence-electron chi connectivity index (χ2n) is 7.06. The van der Waals surface area contributed by atoms with Crippen molar-refractivity contribution in [2.45, 2.75) is 6.92 Å². The van der Waals surface area contributed by atoms with Gasteiger partial charge < -0.3 is 4.74 Å². The van der Waals surface area contributed by atoms with Crippen molar-refractivity contribution in [3.05, 3.63) is 78.3 Å². The molecule has 0 unspecified atom stereocenters. The van der Waals surface area contributed by atoms with Crippen LogP contribution in [0, 0.1) is 18.8 Å². The molecule has 8 heteroatoms. The normalized spacial score (nSPS) is 10.8. The number of hydrogen-bond acceptors (Lipinski definition) is 5. The first-order chi connectivity index (χ1) is 15.1. The fraction of sp³-hybridized carbons (Fsp3) is 0.130. The highest BCUT2D eigenvalue weighted by Gasteiger charge is 2.13. The van der Waals surface area contributed by atoms with Gasteiger partial charge in [-0.2, -0.15) is 15.3 Å². The molecular formula is C23H19N7O. The average Bonchev–Trinajstić information content (AvgIpc) is 3.50. The van der Waals surface area contributed by atoms with Gasteiger partial charge in [0.15, 0.2) is 5.82 Å². The van der Waals surface area contributed by atoms with Crippen LogP contribution in [0.4, 0.5) is 0 Å². The van der Waals surface area contributed by atoms with Crippen LogP contribution < -0.4 is 4.74 Å². The van der Waals surface area contributed by atoms with Crippen LogP contribution in [0.3, 0.4) is 0 Å². The van der Waals surface area contributed by atoms with Gasteiger partial charge in [0.05, 0.1) is 36.3 Å². The van der Waals surface area contributed by atoms with E-state index in [1.54, 1.807) is 33.4 Å². The van der Waals surface area contributed by atoms with Crippen LogP contribution in [0.25, 0.3) is 22.5 Å². The highest BCUT2D eigenvalue weighted by atomic mass is 16.5. The summed E-state index contributed by atoms with van der Waals surface area (Å²) in [6.45, 7) is 1.93. The van der Waals surface area contributed by atoms with Gasteiger partial charge in [0.1, 0.15) is 11.3 Å². The topological polar surface area (TPSA) is 75.1 Å². The minimum atomic E-state index is 0.698. The lowest BCUT2D eigenvalue weighted by Gasteiger charge is -2.06. The van der Waals surface area contributed by atoms with Gasteiger partial charge in [-0.1, -0.05) is 17.9 Å². The summed E-state index contributed by atoms with van der Waals surface area (Å²) in [5.74, 6) is 7.89. The molecule has 0 atom stereocenters. The second kappa shape index (κ2) is 7.46. The van der Waals surface area contributed by atoms with Gasteiger partial charge in [0.25, 0.3) is 0 Å². The molecule has 0 aliphatic carbocycles. The van der Waals surface area contributed by atoms with Gasteiger partial charge in [-0.25, -0.2) is 14.2 Å². The first-order valence-corrected chi connectivity index (χ1v) is 9.66. The number of fused-ring (bicyclic) bond motifs is 1. The Hall–Kier alpha value is -4.38. The van der Waals surface area contributed by atoms with Crippen LogP contribution in [0.2, 0.25) is 0 Å². The molecule has 0 fully saturated rings. The molecule has 0 aliphatic heterocycles. The summed E-state index contributed by atoms with van der Waals surface area (Å²) in [7, 11) is 3.53. The minimum absolute atomic E-state index is 0.698. The molecule has 0 N–H and O–H groups in total. The molecule has 31 heavy (non-hydrogen) atoms. The van der Waals surface area contributed by atoms with Crippen LogP contribution in [-0.4, -0.2) is 41.3 Å². The number of ether oxygens (including phenoxy) is 1. The van der Waals surface area contributed by atoms with E-state index in [9.17, 15) is 0 Å². The number of hydrogen-bond donors (Lipinski definition) is 0. The van der Waals surface area contributed by atoms with Crippen molar-refractivity contribution in [2.24, 2.45) is 7.05 Å². The Morgan fingerprint density at radius 3 is 2.58 bits per heavy atom. The number of aryl methyl sites for hydroxylation is 2. The standard InChI is InChI=1S/C23H19N7O/c1-16-18(14-29(27-16)22-6-4-5-9-24-22)8-7-17-11-26-30-15-19(10-21(31-3)23(17)30)20-12-25-28(2)13-20/h4-6,9-15H,1-3H3. The first-order valence-electron chi connectivity index (χ1n) is 9.66. The number of aromatic nitrogens is 7. The molecule has 0 bridgehead atoms. The molecule has 0 saturated carbocycles. The molecule has 5 rings (SSSR count). The third kappa shape index (κ3) is 3.42. The molecule has 0 radical (unpaired) electrons. The number of nitrogens with zero attached hydrogens (tertiary/aromatic N) is 7. The van der Waals surface area contributed by atoms with E-state index >= 15 is 0 Å². The summed E-state index contributed by atoms with van der Waals surface area (Å²) in [6, 6.07) is 7.68. The monoisotopic (exact) mass is 409 g/mol. The predicted molar refractivity (Wildman–Crippen MR) is 116 cm³/mol. The van der Waals surface area contributed by atoms with E-state index in [-0.39, 0.29) is 0 Å². The van der Waals surface area contributed by atoms with Crippen LogP contribution in [0.1, 0.15) is 16.8 Å². The van der Waals surface area contributed by atoms with Crippen molar-refractivity contribution in [3.8, 4) is 34.5 Å². The number of methoxy groups -OCH3 is 1. The predicted octanol–water partition coefficient (Wildman–Crippen LogP) is 3.03. The molecular weight excluding hydrogens is 390 g/mol. The molecule has 5 heterocycles. The maximum atomic E-state index is 5.65. The fourth-order valence-corrected chi connectivity index (χ4v) is 3.38. The van der Waals surface area contributed by atoms with Crippen LogP contribution >= 0.6 is 0 Å². The van der Waals surface area contributed by atoms with Crippen LogP contribution in [-0.2, 0) is 7.05 Å². The number of rotatable bonds is 3. The molecule has 152 valence electrons. The molecule has 5 aromatic heterocycles. The van der Waals surface area contributed by atoms with Gasteiger partial charge in [-0.05, 0) is 25.1 Å². The van der Waals surface area contributed by atoms with E-state index in [2.05, 4.69) is 32.1 Å². The molecule has 5 aromatic rings. The third-order valence-corrected chi connectivity index (χ3v) is 4.95. The van der Waals surface area contributed by atoms with Crippen molar-refractivity contribution in [3.63, 3.8) is 0 Å². The van der Waals surface area contributed by atoms with Crippen molar-refractivity contribution < 1.29 is 4.74 Å². The summed E-state index contributed by atoms with van der Waals surface area (Å²) in [5.41, 5.74) is 5.21. The Kier molecular flexibility index (Phi) is 4.49. The highest BCUT2D eigenvalue weighted by molar-refractivity contribution is 5.75. The first kappa shape index (κ1) is 18.6. The van der Waals surface area contributed by atoms with Gasteiger partial charge in [0.2, 0.25) is 0 Å². The van der Waals surface area contributed by atoms with E-state index in [1.165, 1.54) is 0 Å². The summed E-state index contributed by atoms with van der Waals surface area (Å²) < 4.78 is 10.9. The van der Waals surface area contributed by atoms with E-state index in [0.29, 0.717) is 5.75 Å². The lowest BCUT2D eigenvalue weighted by atomic mass is 10.1. The van der Waals surface area contributed by atoms with Crippen LogP contribution in [0.15, 0.2) is 61.4 Å². The quantitative estimate of drug-likeness (QED) is 0.428. The van der Waals surface area contributed by atoms with E-state index < -0.39 is 0 Å². The van der Waals surface area contributed by atoms with Crippen LogP contribution in [0.5, 0.6) is 5.75 Å². The summed E-state index contributed by atoms with van der Waals surface area (Å²) >= 11 is 0. The zero-order valence-electron chi connectivity index (χ0n) is 17.3. The molecule has 0 aromatic carbocycles. The number of pyridine rings is 2.